The maximum atomic E-state index is 11.9. The fraction of sp³-hybridized carbons (Fsp3) is 0.0811. The molecule has 0 aliphatic heterocycles. The Morgan fingerprint density at radius 1 is 0.709 bits per heavy atom. The maximum absolute atomic E-state index is 11.9. The average Bonchev–Trinajstić information content (AvgIpc) is 3.18. The third-order valence-corrected chi connectivity index (χ3v) is 7.75. The minimum absolute atomic E-state index is 0.0215. The van der Waals surface area contributed by atoms with Crippen LogP contribution in [0.2, 0.25) is 10.0 Å². The predicted molar refractivity (Wildman–Crippen MR) is 202 cm³/mol. The van der Waals surface area contributed by atoms with Crippen LogP contribution >= 0.6 is 23.2 Å². The van der Waals surface area contributed by atoms with Gasteiger partial charge in [0.05, 0.1) is 22.7 Å². The number of benzene rings is 4. The first-order valence-electron chi connectivity index (χ1n) is 15.8. The van der Waals surface area contributed by atoms with Gasteiger partial charge in [-0.1, -0.05) is 83.9 Å². The number of carbonyl (C=O) groups excluding carboxylic acids is 2. The van der Waals surface area contributed by atoms with E-state index in [0.29, 0.717) is 58.2 Å². The number of hydrogen-bond donors (Lipinski definition) is 4. The number of ether oxygens (including phenoxy) is 3. The molecule has 0 aliphatic rings. The van der Waals surface area contributed by atoms with Gasteiger partial charge in [-0.25, -0.2) is 24.7 Å². The number of nitrogens with two attached hydrogens (primary N) is 2. The molecule has 0 bridgehead atoms. The van der Waals surface area contributed by atoms with Crippen LogP contribution in [0.25, 0.3) is 0 Å². The van der Waals surface area contributed by atoms with Crippen molar-refractivity contribution in [1.29, 1.82) is 0 Å². The van der Waals surface area contributed by atoms with Crippen molar-refractivity contribution < 1.29 is 46.3 Å². The Balaban J connectivity index is 0.000000229. The van der Waals surface area contributed by atoms with Crippen molar-refractivity contribution in [2.45, 2.75) is 13.2 Å². The number of carbonyl (C=O) groups is 2. The summed E-state index contributed by atoms with van der Waals surface area (Å²) in [5, 5.41) is 6.86. The molecule has 2 heterocycles. The number of anilines is 6. The van der Waals surface area contributed by atoms with Gasteiger partial charge in [-0.05, 0) is 47.5 Å². The third-order valence-electron chi connectivity index (χ3n) is 7.16. The molecule has 0 aliphatic carbocycles. The van der Waals surface area contributed by atoms with Gasteiger partial charge in [-0.3, -0.25) is 4.79 Å². The molecule has 283 valence electrons. The SMILES string of the molecule is COC(=O)c1c(N)ncnc1Nc1ccc(OCc2ccccc2)c(Cl)c1.Nc1ncnc(Nc2ccc(OCc3ccccc3)c(Cl)c2)c1C=O.[O]=[Mn]=[O]. The topological polar surface area (TPSA) is 224 Å². The summed E-state index contributed by atoms with van der Waals surface area (Å²) in [6.45, 7) is 0.827. The number of halogens is 2. The zero-order chi connectivity index (χ0) is 39.6. The van der Waals surface area contributed by atoms with Crippen molar-refractivity contribution in [3.05, 3.63) is 142 Å². The van der Waals surface area contributed by atoms with E-state index < -0.39 is 20.8 Å². The Labute approximate surface area is 331 Å². The molecule has 0 amide bonds. The molecule has 0 saturated carbocycles. The molecule has 0 radical (unpaired) electrons. The van der Waals surface area contributed by atoms with Crippen LogP contribution in [-0.2, 0) is 40.4 Å². The Morgan fingerprint density at radius 3 is 1.62 bits per heavy atom. The Kier molecular flexibility index (Phi) is 16.1. The first kappa shape index (κ1) is 41.4. The van der Waals surface area contributed by atoms with E-state index in [1.165, 1.54) is 19.8 Å². The molecular formula is C37H32Cl2MnN8O7. The number of hydrogen-bond acceptors (Lipinski definition) is 15. The summed E-state index contributed by atoms with van der Waals surface area (Å²) in [6.07, 6.45) is 3.14. The normalized spacial score (nSPS) is 9.95. The summed E-state index contributed by atoms with van der Waals surface area (Å²) in [6, 6.07) is 29.9. The van der Waals surface area contributed by atoms with E-state index in [-0.39, 0.29) is 28.6 Å². The van der Waals surface area contributed by atoms with E-state index in [1.54, 1.807) is 36.4 Å². The number of nitrogens with one attached hydrogen (secondary N) is 2. The first-order valence-corrected chi connectivity index (χ1v) is 17.5. The second-order valence-corrected chi connectivity index (χ2v) is 11.8. The van der Waals surface area contributed by atoms with Crippen molar-refractivity contribution in [2.24, 2.45) is 0 Å². The molecule has 0 fully saturated rings. The number of methoxy groups -OCH3 is 1. The van der Waals surface area contributed by atoms with Gasteiger partial charge in [-0.2, -0.15) is 0 Å². The number of esters is 1. The molecule has 0 atom stereocenters. The number of nitrogen functional groups attached to an aromatic ring is 2. The molecule has 0 spiro atoms. The van der Waals surface area contributed by atoms with Gasteiger partial charge in [0, 0.05) is 11.4 Å². The first-order chi connectivity index (χ1) is 26.7. The van der Waals surface area contributed by atoms with E-state index in [2.05, 4.69) is 30.6 Å². The fourth-order valence-electron chi connectivity index (χ4n) is 4.56. The number of aromatic nitrogens is 4. The predicted octanol–water partition coefficient (Wildman–Crippen LogP) is 7.43. The van der Waals surface area contributed by atoms with Crippen LogP contribution < -0.4 is 31.6 Å². The van der Waals surface area contributed by atoms with Gasteiger partial charge < -0.3 is 36.3 Å². The van der Waals surface area contributed by atoms with Crippen molar-refractivity contribution in [1.82, 2.24) is 19.9 Å². The van der Waals surface area contributed by atoms with Crippen LogP contribution in [0.1, 0.15) is 31.8 Å². The molecule has 18 heteroatoms. The summed E-state index contributed by atoms with van der Waals surface area (Å²) in [5.74, 6) is 1.15. The standard InChI is InChI=1S/C19H17ClN4O3.C18H15ClN4O2.Mn.2O/c1-26-19(25)16-17(21)22-11-23-18(16)24-13-7-8-15(14(20)9-13)27-10-12-5-3-2-4-6-12;19-15-8-13(23-18-14(9-24)17(20)21-11-22-18)6-7-16(15)25-10-12-4-2-1-3-5-12;;;/h2-9,11H,10H2,1H3,(H3,21,22,23,24);1-9,11H,10H2,(H3,20,21,22,23);;;. The van der Waals surface area contributed by atoms with E-state index >= 15 is 0 Å². The van der Waals surface area contributed by atoms with Crippen LogP contribution in [-0.4, -0.2) is 39.3 Å². The summed E-state index contributed by atoms with van der Waals surface area (Å²) in [5.41, 5.74) is 15.0. The second-order valence-electron chi connectivity index (χ2n) is 10.8. The molecule has 6 aromatic rings. The van der Waals surface area contributed by atoms with Crippen LogP contribution in [0, 0.1) is 0 Å². The zero-order valence-corrected chi connectivity index (χ0v) is 31.5. The molecule has 0 unspecified atom stereocenters. The molecule has 2 aromatic heterocycles. The molecular weight excluding hydrogens is 794 g/mol. The Bertz CT molecular complexity index is 2250. The van der Waals surface area contributed by atoms with Crippen LogP contribution in [0.3, 0.4) is 0 Å². The van der Waals surface area contributed by atoms with Crippen molar-refractivity contribution >= 4 is 70.1 Å². The quantitative estimate of drug-likeness (QED) is 0.0535. The van der Waals surface area contributed by atoms with Gasteiger partial charge in [0.25, 0.3) is 0 Å². The molecule has 55 heavy (non-hydrogen) atoms. The molecule has 6 N–H and O–H groups in total. The van der Waals surface area contributed by atoms with E-state index in [4.69, 9.17) is 56.5 Å². The van der Waals surface area contributed by atoms with Gasteiger partial charge in [0.2, 0.25) is 0 Å². The summed E-state index contributed by atoms with van der Waals surface area (Å²) in [4.78, 5) is 38.7. The van der Waals surface area contributed by atoms with E-state index in [9.17, 15) is 9.59 Å². The van der Waals surface area contributed by atoms with Crippen LogP contribution in [0.5, 0.6) is 11.5 Å². The summed E-state index contributed by atoms with van der Waals surface area (Å²) in [7, 11) is 1.26. The Morgan fingerprint density at radius 2 is 1.16 bits per heavy atom. The minimum atomic E-state index is -1.44. The van der Waals surface area contributed by atoms with E-state index in [0.717, 1.165) is 11.1 Å². The molecule has 6 rings (SSSR count). The van der Waals surface area contributed by atoms with Gasteiger partial charge in [0.1, 0.15) is 60.4 Å². The van der Waals surface area contributed by atoms with Gasteiger partial charge in [-0.15, -0.1) is 0 Å². The number of rotatable bonds is 12. The third kappa shape index (κ3) is 12.4. The molecule has 4 aromatic carbocycles. The van der Waals surface area contributed by atoms with Gasteiger partial charge in [0.15, 0.2) is 12.1 Å². The molecule has 15 nitrogen and oxygen atoms in total. The van der Waals surface area contributed by atoms with Crippen molar-refractivity contribution in [3.63, 3.8) is 0 Å². The van der Waals surface area contributed by atoms with Crippen LogP contribution in [0.4, 0.5) is 34.6 Å². The average molecular weight is 827 g/mol. The molecule has 0 saturated heterocycles. The monoisotopic (exact) mass is 825 g/mol. The summed E-state index contributed by atoms with van der Waals surface area (Å²) < 4.78 is 33.0. The number of nitrogens with zero attached hydrogens (tertiary/aromatic N) is 4. The second kappa shape index (κ2) is 21.4. The van der Waals surface area contributed by atoms with Crippen molar-refractivity contribution in [3.8, 4) is 11.5 Å². The fourth-order valence-corrected chi connectivity index (χ4v) is 5.03. The van der Waals surface area contributed by atoms with E-state index in [1.807, 2.05) is 60.7 Å². The van der Waals surface area contributed by atoms with Gasteiger partial charge >= 0.3 is 28.5 Å². The van der Waals surface area contributed by atoms with Crippen LogP contribution in [0.15, 0.2) is 110 Å². The number of aldehydes is 1. The Hall–Kier alpha value is -6.32. The van der Waals surface area contributed by atoms with Crippen molar-refractivity contribution in [2.75, 3.05) is 29.2 Å². The summed E-state index contributed by atoms with van der Waals surface area (Å²) >= 11 is 11.1. The zero-order valence-electron chi connectivity index (χ0n) is 28.8.